The molecule has 0 saturated heterocycles. The standard InChI is InChI=1S/C22H23NO5S/c1-15-13-16-7-2-3-10-19(16)23(15)29(26,27)18-9-6-8-17(14-18)22(25)28-21-12-5-4-11-20(21)24/h2-3,6-10,14-15,21H,4-5,11-13H2,1H3/t15-,21-/m1/s1. The Labute approximate surface area is 170 Å². The SMILES string of the molecule is C[C@@H]1Cc2ccccc2N1S(=O)(=O)c1cccc(C(=O)O[C@@H]2CCCCC2=O)c1. The second kappa shape index (κ2) is 7.63. The number of carbonyl (C=O) groups is 2. The number of sulfonamides is 1. The van der Waals surface area contributed by atoms with E-state index in [1.165, 1.54) is 28.6 Å². The van der Waals surface area contributed by atoms with Crippen LogP contribution in [-0.4, -0.2) is 32.3 Å². The minimum absolute atomic E-state index is 0.0328. The lowest BCUT2D eigenvalue weighted by Crippen LogP contribution is -2.35. The van der Waals surface area contributed by atoms with E-state index in [2.05, 4.69) is 0 Å². The second-order valence-electron chi connectivity index (χ2n) is 7.62. The summed E-state index contributed by atoms with van der Waals surface area (Å²) in [6, 6.07) is 13.1. The number of para-hydroxylation sites is 1. The third-order valence-corrected chi connectivity index (χ3v) is 7.44. The number of esters is 1. The average Bonchev–Trinajstić information content (AvgIpc) is 3.06. The molecule has 4 rings (SSSR count). The summed E-state index contributed by atoms with van der Waals surface area (Å²) in [5, 5.41) is 0. The fourth-order valence-corrected chi connectivity index (χ4v) is 5.81. The van der Waals surface area contributed by atoms with E-state index in [9.17, 15) is 18.0 Å². The monoisotopic (exact) mass is 413 g/mol. The Balaban J connectivity index is 1.61. The molecule has 0 aromatic heterocycles. The Morgan fingerprint density at radius 2 is 1.90 bits per heavy atom. The lowest BCUT2D eigenvalue weighted by molar-refractivity contribution is -0.129. The molecule has 152 valence electrons. The van der Waals surface area contributed by atoms with Crippen LogP contribution >= 0.6 is 0 Å². The molecule has 2 atom stereocenters. The minimum Gasteiger partial charge on any atom is -0.451 e. The Morgan fingerprint density at radius 3 is 2.69 bits per heavy atom. The number of ether oxygens (including phenoxy) is 1. The zero-order valence-electron chi connectivity index (χ0n) is 16.2. The van der Waals surface area contributed by atoms with Gasteiger partial charge in [-0.2, -0.15) is 0 Å². The Bertz CT molecular complexity index is 1060. The van der Waals surface area contributed by atoms with Gasteiger partial charge >= 0.3 is 5.97 Å². The van der Waals surface area contributed by atoms with Gasteiger partial charge in [0, 0.05) is 12.5 Å². The third kappa shape index (κ3) is 3.67. The first kappa shape index (κ1) is 19.6. The van der Waals surface area contributed by atoms with E-state index in [1.54, 1.807) is 6.07 Å². The number of benzene rings is 2. The van der Waals surface area contributed by atoms with E-state index in [1.807, 2.05) is 25.1 Å². The molecule has 1 aliphatic carbocycles. The summed E-state index contributed by atoms with van der Waals surface area (Å²) in [6.07, 6.45) is 2.49. The minimum atomic E-state index is -3.84. The van der Waals surface area contributed by atoms with Crippen molar-refractivity contribution in [1.82, 2.24) is 0 Å². The van der Waals surface area contributed by atoms with Crippen molar-refractivity contribution in [3.8, 4) is 0 Å². The van der Waals surface area contributed by atoms with Gasteiger partial charge in [0.1, 0.15) is 0 Å². The van der Waals surface area contributed by atoms with E-state index in [0.29, 0.717) is 24.9 Å². The third-order valence-electron chi connectivity index (χ3n) is 5.52. The van der Waals surface area contributed by atoms with Crippen LogP contribution in [0.2, 0.25) is 0 Å². The number of rotatable bonds is 4. The van der Waals surface area contributed by atoms with E-state index in [4.69, 9.17) is 4.74 Å². The summed E-state index contributed by atoms with van der Waals surface area (Å²) in [5.41, 5.74) is 1.78. The van der Waals surface area contributed by atoms with Gasteiger partial charge < -0.3 is 4.74 Å². The summed E-state index contributed by atoms with van der Waals surface area (Å²) >= 11 is 0. The molecular weight excluding hydrogens is 390 g/mol. The Kier molecular flexibility index (Phi) is 5.17. The van der Waals surface area contributed by atoms with Gasteiger partial charge in [0.25, 0.3) is 10.0 Å². The molecule has 2 aliphatic rings. The summed E-state index contributed by atoms with van der Waals surface area (Å²) < 4.78 is 33.5. The van der Waals surface area contributed by atoms with Crippen LogP contribution in [0.4, 0.5) is 5.69 Å². The van der Waals surface area contributed by atoms with Gasteiger partial charge in [0.2, 0.25) is 0 Å². The fourth-order valence-electron chi connectivity index (χ4n) is 4.07. The number of Topliss-reactive ketones (excluding diaryl/α,β-unsaturated/α-hetero) is 1. The van der Waals surface area contributed by atoms with E-state index in [-0.39, 0.29) is 22.3 Å². The van der Waals surface area contributed by atoms with Crippen LogP contribution in [0.5, 0.6) is 0 Å². The second-order valence-corrected chi connectivity index (χ2v) is 9.43. The van der Waals surface area contributed by atoms with Gasteiger partial charge in [0.15, 0.2) is 11.9 Å². The van der Waals surface area contributed by atoms with Crippen molar-refractivity contribution in [2.75, 3.05) is 4.31 Å². The van der Waals surface area contributed by atoms with Crippen LogP contribution in [0.25, 0.3) is 0 Å². The van der Waals surface area contributed by atoms with Gasteiger partial charge in [-0.25, -0.2) is 13.2 Å². The largest absolute Gasteiger partial charge is 0.451 e. The van der Waals surface area contributed by atoms with Crippen molar-refractivity contribution in [2.45, 2.75) is 56.1 Å². The lowest BCUT2D eigenvalue weighted by atomic mass is 9.96. The molecule has 2 aromatic carbocycles. The van der Waals surface area contributed by atoms with Crippen LogP contribution in [0.1, 0.15) is 48.5 Å². The van der Waals surface area contributed by atoms with Gasteiger partial charge in [-0.1, -0.05) is 24.3 Å². The maximum Gasteiger partial charge on any atom is 0.338 e. The van der Waals surface area contributed by atoms with Crippen molar-refractivity contribution in [2.24, 2.45) is 0 Å². The number of hydrogen-bond donors (Lipinski definition) is 0. The predicted molar refractivity (Wildman–Crippen MR) is 108 cm³/mol. The smallest absolute Gasteiger partial charge is 0.338 e. The van der Waals surface area contributed by atoms with Crippen LogP contribution in [0, 0.1) is 0 Å². The van der Waals surface area contributed by atoms with Gasteiger partial charge in [-0.15, -0.1) is 0 Å². The molecule has 1 heterocycles. The molecule has 1 saturated carbocycles. The summed E-state index contributed by atoms with van der Waals surface area (Å²) in [7, 11) is -3.84. The number of ketones is 1. The first-order valence-corrected chi connectivity index (χ1v) is 11.3. The first-order valence-electron chi connectivity index (χ1n) is 9.84. The number of carbonyl (C=O) groups excluding carboxylic acids is 2. The molecule has 0 N–H and O–H groups in total. The summed E-state index contributed by atoms with van der Waals surface area (Å²) in [4.78, 5) is 24.5. The molecule has 1 fully saturated rings. The molecule has 7 heteroatoms. The molecule has 0 bridgehead atoms. The first-order chi connectivity index (χ1) is 13.9. The number of fused-ring (bicyclic) bond motifs is 1. The van der Waals surface area contributed by atoms with Crippen molar-refractivity contribution >= 4 is 27.5 Å². The highest BCUT2D eigenvalue weighted by Gasteiger charge is 2.36. The fraction of sp³-hybridized carbons (Fsp3) is 0.364. The van der Waals surface area contributed by atoms with Crippen molar-refractivity contribution in [1.29, 1.82) is 0 Å². The normalized spacial score (nSPS) is 21.7. The number of nitrogens with zero attached hydrogens (tertiary/aromatic N) is 1. The maximum atomic E-state index is 13.3. The van der Waals surface area contributed by atoms with Gasteiger partial charge in [-0.3, -0.25) is 9.10 Å². The summed E-state index contributed by atoms with van der Waals surface area (Å²) in [6.45, 7) is 1.87. The zero-order chi connectivity index (χ0) is 20.6. The van der Waals surface area contributed by atoms with Crippen LogP contribution < -0.4 is 4.31 Å². The zero-order valence-corrected chi connectivity index (χ0v) is 17.0. The molecule has 0 unspecified atom stereocenters. The Morgan fingerprint density at radius 1 is 1.10 bits per heavy atom. The lowest BCUT2D eigenvalue weighted by Gasteiger charge is -2.25. The summed E-state index contributed by atoms with van der Waals surface area (Å²) in [5.74, 6) is -0.743. The molecule has 29 heavy (non-hydrogen) atoms. The van der Waals surface area contributed by atoms with Crippen molar-refractivity contribution in [3.63, 3.8) is 0 Å². The molecule has 1 aliphatic heterocycles. The van der Waals surface area contributed by atoms with E-state index >= 15 is 0 Å². The number of hydrogen-bond acceptors (Lipinski definition) is 5. The average molecular weight is 413 g/mol. The molecule has 2 aromatic rings. The molecule has 6 nitrogen and oxygen atoms in total. The van der Waals surface area contributed by atoms with E-state index < -0.39 is 22.1 Å². The van der Waals surface area contributed by atoms with Crippen molar-refractivity contribution < 1.29 is 22.7 Å². The quantitative estimate of drug-likeness (QED) is 0.717. The number of anilines is 1. The highest BCUT2D eigenvalue weighted by molar-refractivity contribution is 7.92. The van der Waals surface area contributed by atoms with E-state index in [0.717, 1.165) is 18.4 Å². The molecule has 0 spiro atoms. The van der Waals surface area contributed by atoms with Crippen LogP contribution in [0.3, 0.4) is 0 Å². The molecule has 0 amide bonds. The van der Waals surface area contributed by atoms with Crippen LogP contribution in [-0.2, 0) is 26.0 Å². The van der Waals surface area contributed by atoms with Crippen molar-refractivity contribution in [3.05, 3.63) is 59.7 Å². The predicted octanol–water partition coefficient (Wildman–Crippen LogP) is 3.50. The highest BCUT2D eigenvalue weighted by Crippen LogP contribution is 2.36. The van der Waals surface area contributed by atoms with Gasteiger partial charge in [-0.05, 0) is 62.4 Å². The Hall–Kier alpha value is -2.67. The van der Waals surface area contributed by atoms with Crippen LogP contribution in [0.15, 0.2) is 53.4 Å². The molecule has 0 radical (unpaired) electrons. The van der Waals surface area contributed by atoms with Gasteiger partial charge in [0.05, 0.1) is 16.1 Å². The highest BCUT2D eigenvalue weighted by atomic mass is 32.2. The maximum absolute atomic E-state index is 13.3. The molecular formula is C22H23NO5S. The topological polar surface area (TPSA) is 80.8 Å².